The van der Waals surface area contributed by atoms with Crippen molar-refractivity contribution in [2.24, 2.45) is 5.73 Å². The van der Waals surface area contributed by atoms with Crippen LogP contribution >= 0.6 is 11.3 Å². The van der Waals surface area contributed by atoms with Crippen molar-refractivity contribution < 1.29 is 4.52 Å². The van der Waals surface area contributed by atoms with Gasteiger partial charge in [0, 0.05) is 23.3 Å². The Hall–Kier alpha value is -2.12. The number of hydrogen-bond donors (Lipinski definition) is 1. The van der Waals surface area contributed by atoms with Crippen LogP contribution in [0, 0.1) is 6.92 Å². The fourth-order valence-corrected chi connectivity index (χ4v) is 2.51. The van der Waals surface area contributed by atoms with Gasteiger partial charge in [0.25, 0.3) is 5.89 Å². The van der Waals surface area contributed by atoms with Gasteiger partial charge < -0.3 is 10.3 Å². The third-order valence-electron chi connectivity index (χ3n) is 2.82. The average Bonchev–Trinajstić information content (AvgIpc) is 3.08. The zero-order valence-electron chi connectivity index (χ0n) is 11.1. The second-order valence-electron chi connectivity index (χ2n) is 4.47. The smallest absolute Gasteiger partial charge is 0.277 e. The van der Waals surface area contributed by atoms with E-state index in [-0.39, 0.29) is 6.04 Å². The van der Waals surface area contributed by atoms with Crippen LogP contribution in [0.3, 0.4) is 0 Å². The maximum Gasteiger partial charge on any atom is 0.277 e. The molecule has 6 nitrogen and oxygen atoms in total. The molecule has 0 amide bonds. The minimum atomic E-state index is -0.0985. The summed E-state index contributed by atoms with van der Waals surface area (Å²) >= 11 is 1.49. The van der Waals surface area contributed by atoms with Gasteiger partial charge in [-0.15, -0.1) is 11.3 Å². The lowest BCUT2D eigenvalue weighted by molar-refractivity contribution is 0.431. The lowest BCUT2D eigenvalue weighted by Gasteiger charge is -1.97. The molecule has 0 bridgehead atoms. The summed E-state index contributed by atoms with van der Waals surface area (Å²) in [6.45, 7) is 3.84. The van der Waals surface area contributed by atoms with Gasteiger partial charge in [0.05, 0.1) is 6.04 Å². The number of rotatable bonds is 3. The first kappa shape index (κ1) is 12.9. The van der Waals surface area contributed by atoms with Gasteiger partial charge in [-0.05, 0) is 25.5 Å². The van der Waals surface area contributed by atoms with Gasteiger partial charge >= 0.3 is 0 Å². The van der Waals surface area contributed by atoms with Crippen LogP contribution in [-0.2, 0) is 0 Å². The molecule has 3 heterocycles. The number of nitrogens with zero attached hydrogens (tertiary/aromatic N) is 4. The fourth-order valence-electron chi connectivity index (χ4n) is 1.76. The van der Waals surface area contributed by atoms with Crippen LogP contribution < -0.4 is 5.73 Å². The summed E-state index contributed by atoms with van der Waals surface area (Å²) in [5.41, 5.74) is 8.35. The molecule has 0 saturated carbocycles. The second kappa shape index (κ2) is 5.10. The van der Waals surface area contributed by atoms with E-state index in [1.165, 1.54) is 11.3 Å². The molecule has 3 aromatic heterocycles. The highest BCUT2D eigenvalue weighted by Gasteiger charge is 2.15. The normalized spacial score (nSPS) is 12.6. The van der Waals surface area contributed by atoms with Crippen molar-refractivity contribution in [2.45, 2.75) is 19.9 Å². The number of thiazole rings is 1. The zero-order chi connectivity index (χ0) is 14.1. The Bertz CT molecular complexity index is 734. The molecule has 0 aliphatic carbocycles. The van der Waals surface area contributed by atoms with Crippen molar-refractivity contribution in [3.05, 3.63) is 34.4 Å². The van der Waals surface area contributed by atoms with Gasteiger partial charge in [0.2, 0.25) is 5.82 Å². The molecule has 3 aromatic rings. The fraction of sp³-hybridized carbons (Fsp3) is 0.231. The molecule has 0 aliphatic rings. The van der Waals surface area contributed by atoms with Crippen molar-refractivity contribution >= 4 is 11.3 Å². The van der Waals surface area contributed by atoms with Gasteiger partial charge in [-0.2, -0.15) is 4.98 Å². The van der Waals surface area contributed by atoms with Gasteiger partial charge in [-0.25, -0.2) is 4.98 Å². The maximum atomic E-state index is 5.80. The van der Waals surface area contributed by atoms with Gasteiger partial charge in [-0.3, -0.25) is 4.98 Å². The molecule has 2 N–H and O–H groups in total. The monoisotopic (exact) mass is 287 g/mol. The molecule has 0 aromatic carbocycles. The van der Waals surface area contributed by atoms with Crippen molar-refractivity contribution in [2.75, 3.05) is 0 Å². The molecular weight excluding hydrogens is 274 g/mol. The van der Waals surface area contributed by atoms with Crippen molar-refractivity contribution in [3.63, 3.8) is 0 Å². The zero-order valence-corrected chi connectivity index (χ0v) is 11.9. The molecule has 0 spiro atoms. The van der Waals surface area contributed by atoms with E-state index in [9.17, 15) is 0 Å². The van der Waals surface area contributed by atoms with Crippen molar-refractivity contribution in [1.29, 1.82) is 0 Å². The van der Waals surface area contributed by atoms with E-state index in [1.54, 1.807) is 12.4 Å². The molecule has 0 fully saturated rings. The van der Waals surface area contributed by atoms with E-state index < -0.39 is 0 Å². The number of nitrogens with two attached hydrogens (primary N) is 1. The molecule has 20 heavy (non-hydrogen) atoms. The summed E-state index contributed by atoms with van der Waals surface area (Å²) in [7, 11) is 0. The summed E-state index contributed by atoms with van der Waals surface area (Å²) in [4.78, 5) is 12.8. The van der Waals surface area contributed by atoms with Crippen LogP contribution in [0.25, 0.3) is 23.0 Å². The van der Waals surface area contributed by atoms with E-state index in [0.29, 0.717) is 17.4 Å². The van der Waals surface area contributed by atoms with E-state index in [4.69, 9.17) is 10.3 Å². The lowest BCUT2D eigenvalue weighted by Crippen LogP contribution is -2.03. The third kappa shape index (κ3) is 2.33. The van der Waals surface area contributed by atoms with Gasteiger partial charge in [0.15, 0.2) is 0 Å². The molecular formula is C13H13N5OS. The first-order valence-electron chi connectivity index (χ1n) is 6.11. The molecule has 0 saturated heterocycles. The number of hydrogen-bond acceptors (Lipinski definition) is 7. The minimum absolute atomic E-state index is 0.0985. The van der Waals surface area contributed by atoms with Gasteiger partial charge in [0.1, 0.15) is 10.7 Å². The summed E-state index contributed by atoms with van der Waals surface area (Å²) in [6.07, 6.45) is 3.47. The van der Waals surface area contributed by atoms with E-state index in [0.717, 1.165) is 16.1 Å². The summed E-state index contributed by atoms with van der Waals surface area (Å²) in [5, 5.41) is 6.71. The first-order valence-corrected chi connectivity index (χ1v) is 6.99. The first-order chi connectivity index (χ1) is 9.65. The summed E-state index contributed by atoms with van der Waals surface area (Å²) < 4.78 is 5.28. The van der Waals surface area contributed by atoms with E-state index in [1.807, 2.05) is 25.3 Å². The Kier molecular flexibility index (Phi) is 3.29. The number of aryl methyl sites for hydroxylation is 1. The summed E-state index contributed by atoms with van der Waals surface area (Å²) in [6, 6.07) is 1.76. The highest BCUT2D eigenvalue weighted by atomic mass is 32.1. The minimum Gasteiger partial charge on any atom is -0.332 e. The number of aromatic nitrogens is 4. The Labute approximate surface area is 119 Å². The summed E-state index contributed by atoms with van der Waals surface area (Å²) in [5.74, 6) is 0.939. The van der Waals surface area contributed by atoms with E-state index >= 15 is 0 Å². The van der Waals surface area contributed by atoms with Crippen LogP contribution in [-0.4, -0.2) is 20.1 Å². The second-order valence-corrected chi connectivity index (χ2v) is 5.36. The highest BCUT2D eigenvalue weighted by Crippen LogP contribution is 2.26. The van der Waals surface area contributed by atoms with Crippen LogP contribution in [0.4, 0.5) is 0 Å². The van der Waals surface area contributed by atoms with Crippen LogP contribution in [0.2, 0.25) is 0 Å². The lowest BCUT2D eigenvalue weighted by atomic mass is 10.1. The van der Waals surface area contributed by atoms with Gasteiger partial charge in [-0.1, -0.05) is 5.16 Å². The SMILES string of the molecule is Cc1cnccc1-c1noc(-c2csc(C(C)N)n2)n1. The molecule has 0 radical (unpaired) electrons. The predicted octanol–water partition coefficient (Wildman–Crippen LogP) is 2.58. The maximum absolute atomic E-state index is 5.80. The highest BCUT2D eigenvalue weighted by molar-refractivity contribution is 7.10. The van der Waals surface area contributed by atoms with Crippen molar-refractivity contribution in [3.8, 4) is 23.0 Å². The molecule has 1 unspecified atom stereocenters. The van der Waals surface area contributed by atoms with Crippen molar-refractivity contribution in [1.82, 2.24) is 20.1 Å². The Morgan fingerprint density at radius 3 is 2.90 bits per heavy atom. The number of pyridine rings is 1. The largest absolute Gasteiger partial charge is 0.332 e. The third-order valence-corrected chi connectivity index (χ3v) is 3.86. The quantitative estimate of drug-likeness (QED) is 0.796. The Balaban J connectivity index is 1.96. The van der Waals surface area contributed by atoms with Crippen LogP contribution in [0.15, 0.2) is 28.4 Å². The van der Waals surface area contributed by atoms with Crippen LogP contribution in [0.5, 0.6) is 0 Å². The Morgan fingerprint density at radius 2 is 2.20 bits per heavy atom. The topological polar surface area (TPSA) is 90.7 Å². The molecule has 1 atom stereocenters. The standard InChI is InChI=1S/C13H13N5OS/c1-7-5-15-4-3-9(7)11-17-12(19-18-11)10-6-20-13(16-10)8(2)14/h3-6,8H,14H2,1-2H3. The van der Waals surface area contributed by atoms with Crippen LogP contribution in [0.1, 0.15) is 23.5 Å². The molecule has 3 rings (SSSR count). The molecule has 7 heteroatoms. The average molecular weight is 287 g/mol. The predicted molar refractivity (Wildman–Crippen MR) is 76.0 cm³/mol. The molecule has 0 aliphatic heterocycles. The van der Waals surface area contributed by atoms with E-state index in [2.05, 4.69) is 20.1 Å². The molecule has 102 valence electrons. The Morgan fingerprint density at radius 1 is 1.35 bits per heavy atom.